The number of rotatable bonds is 4. The summed E-state index contributed by atoms with van der Waals surface area (Å²) in [5, 5.41) is 12.8. The van der Waals surface area contributed by atoms with E-state index >= 15 is 0 Å². The van der Waals surface area contributed by atoms with Crippen molar-refractivity contribution in [3.05, 3.63) is 22.2 Å². The lowest BCUT2D eigenvalue weighted by molar-refractivity contribution is 0.294. The fourth-order valence-electron chi connectivity index (χ4n) is 2.63. The fraction of sp³-hybridized carbons (Fsp3) is 0.500. The number of benzene rings is 1. The SMILES string of the molecule is CC(C)C1(Cn2nnnc2-c2cc(N)c(Cl)c(Cl)c2)CC1. The maximum Gasteiger partial charge on any atom is 0.182 e. The Morgan fingerprint density at radius 2 is 2.05 bits per heavy atom. The van der Waals surface area contributed by atoms with Crippen LogP contribution < -0.4 is 5.73 Å². The number of hydrogen-bond acceptors (Lipinski definition) is 4. The number of hydrogen-bond donors (Lipinski definition) is 1. The van der Waals surface area contributed by atoms with Crippen LogP contribution in [0.5, 0.6) is 0 Å². The number of nitrogen functional groups attached to an aromatic ring is 1. The van der Waals surface area contributed by atoms with Gasteiger partial charge in [0.2, 0.25) is 0 Å². The van der Waals surface area contributed by atoms with E-state index in [1.165, 1.54) is 12.8 Å². The van der Waals surface area contributed by atoms with Crippen LogP contribution in [0.3, 0.4) is 0 Å². The van der Waals surface area contributed by atoms with Crippen molar-refractivity contribution >= 4 is 28.9 Å². The number of nitrogens with zero attached hydrogens (tertiary/aromatic N) is 4. The lowest BCUT2D eigenvalue weighted by Crippen LogP contribution is -2.19. The van der Waals surface area contributed by atoms with E-state index in [0.29, 0.717) is 32.9 Å². The van der Waals surface area contributed by atoms with Gasteiger partial charge in [0.15, 0.2) is 5.82 Å². The molecule has 1 aliphatic rings. The highest BCUT2D eigenvalue weighted by Gasteiger charge is 2.46. The van der Waals surface area contributed by atoms with Crippen LogP contribution in [0.25, 0.3) is 11.4 Å². The predicted molar refractivity (Wildman–Crippen MR) is 84.2 cm³/mol. The van der Waals surface area contributed by atoms with Gasteiger partial charge in [0.05, 0.1) is 22.3 Å². The largest absolute Gasteiger partial charge is 0.397 e. The maximum atomic E-state index is 6.09. The molecular weight excluding hydrogens is 309 g/mol. The minimum absolute atomic E-state index is 0.311. The van der Waals surface area contributed by atoms with E-state index in [4.69, 9.17) is 28.9 Å². The highest BCUT2D eigenvalue weighted by molar-refractivity contribution is 6.43. The summed E-state index contributed by atoms with van der Waals surface area (Å²) < 4.78 is 1.84. The van der Waals surface area contributed by atoms with Crippen LogP contribution in [-0.2, 0) is 6.54 Å². The molecule has 1 fully saturated rings. The van der Waals surface area contributed by atoms with Crippen molar-refractivity contribution in [2.45, 2.75) is 33.2 Å². The zero-order chi connectivity index (χ0) is 15.2. The summed E-state index contributed by atoms with van der Waals surface area (Å²) in [7, 11) is 0. The molecule has 1 aromatic carbocycles. The molecule has 0 radical (unpaired) electrons. The molecule has 1 saturated carbocycles. The van der Waals surface area contributed by atoms with Gasteiger partial charge in [-0.3, -0.25) is 0 Å². The monoisotopic (exact) mass is 325 g/mol. The molecule has 0 bridgehead atoms. The molecule has 112 valence electrons. The van der Waals surface area contributed by atoms with Crippen molar-refractivity contribution in [1.29, 1.82) is 0 Å². The first-order chi connectivity index (χ1) is 9.93. The number of anilines is 1. The Labute approximate surface area is 133 Å². The number of aromatic nitrogens is 4. The quantitative estimate of drug-likeness (QED) is 0.871. The second-order valence-corrected chi connectivity index (χ2v) is 6.82. The second-order valence-electron chi connectivity index (χ2n) is 6.04. The van der Waals surface area contributed by atoms with Crippen LogP contribution in [0, 0.1) is 11.3 Å². The Morgan fingerprint density at radius 3 is 2.62 bits per heavy atom. The van der Waals surface area contributed by atoms with Gasteiger partial charge in [0.1, 0.15) is 0 Å². The van der Waals surface area contributed by atoms with Crippen molar-refractivity contribution in [2.75, 3.05) is 5.73 Å². The summed E-state index contributed by atoms with van der Waals surface area (Å²) in [6.07, 6.45) is 2.43. The highest BCUT2D eigenvalue weighted by Crippen LogP contribution is 2.53. The molecule has 0 spiro atoms. The molecule has 2 N–H and O–H groups in total. The molecular formula is C14H17Cl2N5. The molecule has 7 heteroatoms. The Bertz CT molecular complexity index is 653. The van der Waals surface area contributed by atoms with Crippen molar-refractivity contribution in [3.8, 4) is 11.4 Å². The van der Waals surface area contributed by atoms with Crippen LogP contribution in [0.4, 0.5) is 5.69 Å². The first-order valence-electron chi connectivity index (χ1n) is 6.94. The van der Waals surface area contributed by atoms with Crippen molar-refractivity contribution in [1.82, 2.24) is 20.2 Å². The average molecular weight is 326 g/mol. The lowest BCUT2D eigenvalue weighted by Gasteiger charge is -2.19. The van der Waals surface area contributed by atoms with Gasteiger partial charge in [-0.1, -0.05) is 37.0 Å². The van der Waals surface area contributed by atoms with Gasteiger partial charge < -0.3 is 5.73 Å². The van der Waals surface area contributed by atoms with Gasteiger partial charge in [-0.2, -0.15) is 0 Å². The zero-order valence-corrected chi connectivity index (χ0v) is 13.5. The smallest absolute Gasteiger partial charge is 0.182 e. The van der Waals surface area contributed by atoms with Crippen molar-refractivity contribution < 1.29 is 0 Å². The molecule has 0 saturated heterocycles. The Hall–Kier alpha value is -1.33. The second kappa shape index (κ2) is 5.14. The molecule has 3 rings (SSSR count). The minimum atomic E-state index is 0.311. The number of halogens is 2. The Balaban J connectivity index is 1.96. The molecule has 1 aliphatic carbocycles. The van der Waals surface area contributed by atoms with Crippen LogP contribution in [-0.4, -0.2) is 20.2 Å². The van der Waals surface area contributed by atoms with Gasteiger partial charge in [-0.15, -0.1) is 5.10 Å². The van der Waals surface area contributed by atoms with Gasteiger partial charge in [0, 0.05) is 5.56 Å². The predicted octanol–water partition coefficient (Wildman–Crippen LogP) is 3.67. The van der Waals surface area contributed by atoms with E-state index in [9.17, 15) is 0 Å². The maximum absolute atomic E-state index is 6.09. The van der Waals surface area contributed by atoms with E-state index in [1.54, 1.807) is 12.1 Å². The Morgan fingerprint density at radius 1 is 1.33 bits per heavy atom. The molecule has 5 nitrogen and oxygen atoms in total. The molecule has 0 amide bonds. The van der Waals surface area contributed by atoms with Gasteiger partial charge in [0.25, 0.3) is 0 Å². The minimum Gasteiger partial charge on any atom is -0.397 e. The summed E-state index contributed by atoms with van der Waals surface area (Å²) in [6, 6.07) is 3.50. The van der Waals surface area contributed by atoms with Gasteiger partial charge in [-0.05, 0) is 46.7 Å². The van der Waals surface area contributed by atoms with Crippen LogP contribution in [0.2, 0.25) is 10.0 Å². The fourth-order valence-corrected chi connectivity index (χ4v) is 2.97. The summed E-state index contributed by atoms with van der Waals surface area (Å²) in [6.45, 7) is 5.30. The normalized spacial score (nSPS) is 16.4. The van der Waals surface area contributed by atoms with E-state index < -0.39 is 0 Å². The zero-order valence-electron chi connectivity index (χ0n) is 12.0. The molecule has 0 aliphatic heterocycles. The van der Waals surface area contributed by atoms with Crippen molar-refractivity contribution in [3.63, 3.8) is 0 Å². The first kappa shape index (κ1) is 14.6. The number of nitrogens with two attached hydrogens (primary N) is 1. The Kier molecular flexibility index (Phi) is 3.58. The van der Waals surface area contributed by atoms with Gasteiger partial charge in [-0.25, -0.2) is 4.68 Å². The third-order valence-electron chi connectivity index (χ3n) is 4.43. The summed E-state index contributed by atoms with van der Waals surface area (Å²) in [5.74, 6) is 1.28. The van der Waals surface area contributed by atoms with E-state index in [2.05, 4.69) is 29.4 Å². The average Bonchev–Trinajstić information content (AvgIpc) is 3.07. The standard InChI is InChI=1S/C14H17Cl2N5/c1-8(2)14(3-4-14)7-21-13(18-19-20-21)9-5-10(15)12(16)11(17)6-9/h5-6,8H,3-4,7,17H2,1-2H3. The van der Waals surface area contributed by atoms with Crippen LogP contribution in [0.1, 0.15) is 26.7 Å². The molecule has 1 aromatic heterocycles. The molecule has 21 heavy (non-hydrogen) atoms. The van der Waals surface area contributed by atoms with Gasteiger partial charge >= 0.3 is 0 Å². The molecule has 0 unspecified atom stereocenters. The number of tetrazole rings is 1. The molecule has 1 heterocycles. The van der Waals surface area contributed by atoms with E-state index in [-0.39, 0.29) is 0 Å². The van der Waals surface area contributed by atoms with E-state index in [1.807, 2.05) is 4.68 Å². The first-order valence-corrected chi connectivity index (χ1v) is 7.69. The third kappa shape index (κ3) is 2.60. The molecule has 2 aromatic rings. The lowest BCUT2D eigenvalue weighted by atomic mass is 9.92. The highest BCUT2D eigenvalue weighted by atomic mass is 35.5. The van der Waals surface area contributed by atoms with Crippen molar-refractivity contribution in [2.24, 2.45) is 11.3 Å². The topological polar surface area (TPSA) is 69.6 Å². The molecule has 0 atom stereocenters. The third-order valence-corrected chi connectivity index (χ3v) is 5.24. The van der Waals surface area contributed by atoms with Crippen LogP contribution in [0.15, 0.2) is 12.1 Å². The summed E-state index contributed by atoms with van der Waals surface area (Å²) >= 11 is 12.1. The van der Waals surface area contributed by atoms with Crippen LogP contribution >= 0.6 is 23.2 Å². The van der Waals surface area contributed by atoms with E-state index in [0.717, 1.165) is 12.1 Å². The summed E-state index contributed by atoms with van der Waals surface area (Å²) in [5.41, 5.74) is 7.40. The summed E-state index contributed by atoms with van der Waals surface area (Å²) in [4.78, 5) is 0.